The summed E-state index contributed by atoms with van der Waals surface area (Å²) in [4.78, 5) is 5.07. The van der Waals surface area contributed by atoms with Gasteiger partial charge in [-0.2, -0.15) is 13.2 Å². The number of benzene rings is 2. The summed E-state index contributed by atoms with van der Waals surface area (Å²) in [6, 6.07) is 6.48. The van der Waals surface area contributed by atoms with Gasteiger partial charge in [0.15, 0.2) is 5.82 Å². The lowest BCUT2D eigenvalue weighted by Gasteiger charge is -2.27. The molecular weight excluding hydrogens is 491 g/mol. The standard InChI is InChI=1S/C24H20F7N5/c1-35(33)20-17-3-2-14(25)11-18(17)22(34-21(20)32)36(12-19(27)28)16-9-13(8-15(26)10-16)4-5-23(6-7-23)24(29,30)31/h2-3,8-11,19H,6-7,12,33H2,1H3,(H2,32,34). The van der Waals surface area contributed by atoms with E-state index in [1.807, 2.05) is 0 Å². The van der Waals surface area contributed by atoms with Crippen molar-refractivity contribution in [2.45, 2.75) is 25.4 Å². The first kappa shape index (κ1) is 25.4. The summed E-state index contributed by atoms with van der Waals surface area (Å²) in [5.41, 5.74) is 3.75. The van der Waals surface area contributed by atoms with E-state index in [1.165, 1.54) is 13.1 Å². The Morgan fingerprint density at radius 1 is 1.06 bits per heavy atom. The van der Waals surface area contributed by atoms with Crippen molar-refractivity contribution in [3.8, 4) is 11.8 Å². The van der Waals surface area contributed by atoms with Gasteiger partial charge < -0.3 is 15.6 Å². The minimum atomic E-state index is -4.54. The van der Waals surface area contributed by atoms with Crippen molar-refractivity contribution in [2.24, 2.45) is 11.3 Å². The molecule has 0 unspecified atom stereocenters. The van der Waals surface area contributed by atoms with Gasteiger partial charge in [-0.25, -0.2) is 28.4 Å². The molecule has 12 heteroatoms. The van der Waals surface area contributed by atoms with Gasteiger partial charge in [0.05, 0.1) is 6.54 Å². The summed E-state index contributed by atoms with van der Waals surface area (Å²) in [6.45, 7) is -1.00. The Kier molecular flexibility index (Phi) is 6.38. The molecule has 0 aliphatic heterocycles. The summed E-state index contributed by atoms with van der Waals surface area (Å²) in [5.74, 6) is 8.30. The topological polar surface area (TPSA) is 71.4 Å². The highest BCUT2D eigenvalue weighted by Crippen LogP contribution is 2.57. The average Bonchev–Trinajstić information content (AvgIpc) is 3.56. The maximum atomic E-state index is 14.5. The van der Waals surface area contributed by atoms with Crippen LogP contribution < -0.4 is 21.5 Å². The predicted molar refractivity (Wildman–Crippen MR) is 123 cm³/mol. The minimum absolute atomic E-state index is 0.0584. The van der Waals surface area contributed by atoms with Crippen LogP contribution in [-0.4, -0.2) is 31.2 Å². The zero-order valence-electron chi connectivity index (χ0n) is 18.8. The van der Waals surface area contributed by atoms with E-state index in [1.54, 1.807) is 0 Å². The average molecular weight is 511 g/mol. The summed E-state index contributed by atoms with van der Waals surface area (Å²) in [7, 11) is 1.46. The number of hydrazine groups is 1. The van der Waals surface area contributed by atoms with E-state index >= 15 is 0 Å². The van der Waals surface area contributed by atoms with Gasteiger partial charge in [-0.15, -0.1) is 0 Å². The third-order valence-electron chi connectivity index (χ3n) is 5.81. The van der Waals surface area contributed by atoms with Crippen LogP contribution in [0.1, 0.15) is 18.4 Å². The van der Waals surface area contributed by atoms with Crippen molar-refractivity contribution in [1.29, 1.82) is 0 Å². The maximum Gasteiger partial charge on any atom is 0.405 e. The molecule has 0 saturated heterocycles. The van der Waals surface area contributed by atoms with E-state index in [0.717, 1.165) is 40.2 Å². The molecular formula is C24H20F7N5. The maximum absolute atomic E-state index is 14.5. The number of rotatable bonds is 5. The van der Waals surface area contributed by atoms with Crippen LogP contribution in [0.3, 0.4) is 0 Å². The van der Waals surface area contributed by atoms with E-state index in [2.05, 4.69) is 16.8 Å². The van der Waals surface area contributed by atoms with E-state index in [-0.39, 0.29) is 46.8 Å². The molecule has 1 saturated carbocycles. The molecule has 0 bridgehead atoms. The normalized spacial score (nSPS) is 14.5. The Morgan fingerprint density at radius 2 is 1.75 bits per heavy atom. The monoisotopic (exact) mass is 511 g/mol. The number of fused-ring (bicyclic) bond motifs is 1. The highest BCUT2D eigenvalue weighted by molar-refractivity contribution is 6.05. The van der Waals surface area contributed by atoms with Gasteiger partial charge in [0, 0.05) is 29.1 Å². The Labute approximate surface area is 201 Å². The Balaban J connectivity index is 1.89. The Bertz CT molecular complexity index is 1370. The number of hydrogen-bond acceptors (Lipinski definition) is 5. The molecule has 2 aromatic carbocycles. The lowest BCUT2D eigenvalue weighted by atomic mass is 10.1. The molecule has 1 aliphatic carbocycles. The molecule has 0 radical (unpaired) electrons. The van der Waals surface area contributed by atoms with Crippen LogP contribution in [0.4, 0.5) is 53.7 Å². The van der Waals surface area contributed by atoms with Gasteiger partial charge in [0.1, 0.15) is 28.6 Å². The van der Waals surface area contributed by atoms with E-state index in [0.29, 0.717) is 5.39 Å². The van der Waals surface area contributed by atoms with Crippen LogP contribution >= 0.6 is 0 Å². The highest BCUT2D eigenvalue weighted by Gasteiger charge is 2.62. The molecule has 5 nitrogen and oxygen atoms in total. The number of nitrogen functional groups attached to an aromatic ring is 1. The van der Waals surface area contributed by atoms with Gasteiger partial charge in [-0.1, -0.05) is 11.8 Å². The molecule has 190 valence electrons. The largest absolute Gasteiger partial charge is 0.405 e. The first-order valence-electron chi connectivity index (χ1n) is 10.6. The summed E-state index contributed by atoms with van der Waals surface area (Å²) in [6.07, 6.45) is -7.84. The van der Waals surface area contributed by atoms with Crippen LogP contribution in [0, 0.1) is 28.9 Å². The minimum Gasteiger partial charge on any atom is -0.382 e. The molecule has 4 rings (SSSR count). The van der Waals surface area contributed by atoms with E-state index in [4.69, 9.17) is 11.6 Å². The van der Waals surface area contributed by atoms with Gasteiger partial charge in [0.25, 0.3) is 6.43 Å². The molecule has 1 aliphatic rings. The molecule has 1 fully saturated rings. The van der Waals surface area contributed by atoms with Crippen molar-refractivity contribution in [2.75, 3.05) is 29.2 Å². The summed E-state index contributed by atoms with van der Waals surface area (Å²) < 4.78 is 95.6. The van der Waals surface area contributed by atoms with Crippen LogP contribution in [0.25, 0.3) is 10.8 Å². The summed E-state index contributed by atoms with van der Waals surface area (Å²) in [5, 5.41) is 1.48. The number of aromatic nitrogens is 1. The SMILES string of the molecule is CN(N)c1c(N)nc(N(CC(F)F)c2cc(F)cc(C#CC3(C(F)(F)F)CC3)c2)c2cc(F)ccc12. The van der Waals surface area contributed by atoms with Crippen molar-refractivity contribution in [3.05, 3.63) is 53.6 Å². The second kappa shape index (κ2) is 9.05. The van der Waals surface area contributed by atoms with Crippen molar-refractivity contribution in [1.82, 2.24) is 4.98 Å². The second-order valence-electron chi connectivity index (χ2n) is 8.50. The second-order valence-corrected chi connectivity index (χ2v) is 8.50. The zero-order chi connectivity index (χ0) is 26.4. The van der Waals surface area contributed by atoms with Crippen molar-refractivity contribution >= 4 is 33.8 Å². The molecule has 4 N–H and O–H groups in total. The van der Waals surface area contributed by atoms with E-state index < -0.39 is 36.2 Å². The van der Waals surface area contributed by atoms with Gasteiger partial charge in [-0.3, -0.25) is 0 Å². The third-order valence-corrected chi connectivity index (χ3v) is 5.81. The number of anilines is 4. The number of alkyl halides is 5. The van der Waals surface area contributed by atoms with Crippen molar-refractivity contribution in [3.63, 3.8) is 0 Å². The van der Waals surface area contributed by atoms with Crippen LogP contribution in [0.5, 0.6) is 0 Å². The molecule has 3 aromatic rings. The molecule has 0 spiro atoms. The van der Waals surface area contributed by atoms with Crippen LogP contribution in [-0.2, 0) is 0 Å². The first-order valence-corrected chi connectivity index (χ1v) is 10.6. The molecule has 36 heavy (non-hydrogen) atoms. The van der Waals surface area contributed by atoms with Gasteiger partial charge >= 0.3 is 6.18 Å². The Morgan fingerprint density at radius 3 is 2.33 bits per heavy atom. The fourth-order valence-corrected chi connectivity index (χ4v) is 3.90. The number of pyridine rings is 1. The van der Waals surface area contributed by atoms with Gasteiger partial charge in [-0.05, 0) is 49.2 Å². The molecule has 0 amide bonds. The van der Waals surface area contributed by atoms with E-state index in [9.17, 15) is 30.7 Å². The number of hydrogen-bond donors (Lipinski definition) is 2. The lowest BCUT2D eigenvalue weighted by Crippen LogP contribution is -2.29. The van der Waals surface area contributed by atoms with Crippen LogP contribution in [0.15, 0.2) is 36.4 Å². The molecule has 1 aromatic heterocycles. The van der Waals surface area contributed by atoms with Crippen molar-refractivity contribution < 1.29 is 30.7 Å². The van der Waals surface area contributed by atoms with Crippen LogP contribution in [0.2, 0.25) is 0 Å². The molecule has 1 heterocycles. The fraction of sp³-hybridized carbons (Fsp3) is 0.292. The lowest BCUT2D eigenvalue weighted by molar-refractivity contribution is -0.168. The number of nitrogens with two attached hydrogens (primary N) is 2. The zero-order valence-corrected chi connectivity index (χ0v) is 18.8. The smallest absolute Gasteiger partial charge is 0.382 e. The predicted octanol–water partition coefficient (Wildman–Crippen LogP) is 5.50. The number of halogens is 7. The fourth-order valence-electron chi connectivity index (χ4n) is 3.90. The number of nitrogens with zero attached hydrogens (tertiary/aromatic N) is 3. The highest BCUT2D eigenvalue weighted by atomic mass is 19.4. The molecule has 0 atom stereocenters. The Hall–Kier alpha value is -3.72. The summed E-state index contributed by atoms with van der Waals surface area (Å²) >= 11 is 0. The van der Waals surface area contributed by atoms with Gasteiger partial charge in [0.2, 0.25) is 0 Å². The first-order chi connectivity index (χ1) is 16.8. The third kappa shape index (κ3) is 4.83. The quantitative estimate of drug-likeness (QED) is 0.205.